The lowest BCUT2D eigenvalue weighted by molar-refractivity contribution is 0.287. The molecule has 0 bridgehead atoms. The summed E-state index contributed by atoms with van der Waals surface area (Å²) < 4.78 is 0. The van der Waals surface area contributed by atoms with Crippen LogP contribution in [0.25, 0.3) is 0 Å². The van der Waals surface area contributed by atoms with E-state index in [1.165, 1.54) is 10.5 Å². The Morgan fingerprint density at radius 3 is 2.79 bits per heavy atom. The molecule has 0 aliphatic heterocycles. The number of nitrogens with two attached hydrogens (primary N) is 1. The summed E-state index contributed by atoms with van der Waals surface area (Å²) in [7, 11) is 0. The number of aryl methyl sites for hydroxylation is 1. The van der Waals surface area contributed by atoms with Gasteiger partial charge in [-0.15, -0.1) is 11.8 Å². The monoisotopic (exact) mass is 211 g/mol. The summed E-state index contributed by atoms with van der Waals surface area (Å²) in [6, 6.07) is 5.99. The summed E-state index contributed by atoms with van der Waals surface area (Å²) in [5.74, 6) is 1.06. The van der Waals surface area contributed by atoms with Crippen LogP contribution in [0.5, 0.6) is 0 Å². The summed E-state index contributed by atoms with van der Waals surface area (Å²) in [5.41, 5.74) is 7.72. The lowest BCUT2D eigenvalue weighted by atomic mass is 10.2. The van der Waals surface area contributed by atoms with Gasteiger partial charge in [-0.1, -0.05) is 0 Å². The van der Waals surface area contributed by atoms with E-state index in [2.05, 4.69) is 13.0 Å². The minimum absolute atomic E-state index is 0.293. The van der Waals surface area contributed by atoms with E-state index in [0.717, 1.165) is 24.3 Å². The van der Waals surface area contributed by atoms with E-state index >= 15 is 0 Å². The molecule has 1 rings (SSSR count). The molecule has 0 aliphatic carbocycles. The lowest BCUT2D eigenvalue weighted by Crippen LogP contribution is -1.89. The van der Waals surface area contributed by atoms with Crippen LogP contribution in [0.2, 0.25) is 0 Å². The Kier molecular flexibility index (Phi) is 4.84. The van der Waals surface area contributed by atoms with E-state index < -0.39 is 0 Å². The number of anilines is 1. The van der Waals surface area contributed by atoms with Crippen molar-refractivity contribution in [1.82, 2.24) is 0 Å². The molecule has 78 valence electrons. The maximum absolute atomic E-state index is 8.63. The number of benzene rings is 1. The second kappa shape index (κ2) is 5.94. The van der Waals surface area contributed by atoms with Crippen LogP contribution in [-0.4, -0.2) is 17.5 Å². The van der Waals surface area contributed by atoms with Crippen molar-refractivity contribution in [2.45, 2.75) is 24.7 Å². The zero-order chi connectivity index (χ0) is 10.4. The highest BCUT2D eigenvalue weighted by Crippen LogP contribution is 2.24. The van der Waals surface area contributed by atoms with Crippen LogP contribution in [0.4, 0.5) is 5.69 Å². The molecule has 0 unspecified atom stereocenters. The lowest BCUT2D eigenvalue weighted by Gasteiger charge is -2.05. The molecule has 1 aromatic carbocycles. The van der Waals surface area contributed by atoms with E-state index in [9.17, 15) is 0 Å². The van der Waals surface area contributed by atoms with Crippen LogP contribution in [0, 0.1) is 6.92 Å². The number of thioether (sulfide) groups is 1. The third-order valence-electron chi connectivity index (χ3n) is 2.01. The molecule has 0 atom stereocenters. The number of aliphatic hydroxyl groups is 1. The van der Waals surface area contributed by atoms with Crippen molar-refractivity contribution >= 4 is 17.4 Å². The van der Waals surface area contributed by atoms with E-state index in [4.69, 9.17) is 10.8 Å². The van der Waals surface area contributed by atoms with Crippen LogP contribution in [0.1, 0.15) is 18.4 Å². The Balaban J connectivity index is 2.42. The first-order valence-electron chi connectivity index (χ1n) is 4.84. The van der Waals surface area contributed by atoms with Gasteiger partial charge in [-0.2, -0.15) is 0 Å². The maximum atomic E-state index is 8.63. The van der Waals surface area contributed by atoms with E-state index in [0.29, 0.717) is 6.61 Å². The minimum atomic E-state index is 0.293. The number of unbranched alkanes of at least 4 members (excludes halogenated alkanes) is 1. The average Bonchev–Trinajstić information content (AvgIpc) is 2.15. The summed E-state index contributed by atoms with van der Waals surface area (Å²) in [6.45, 7) is 2.37. The highest BCUT2D eigenvalue weighted by molar-refractivity contribution is 7.99. The standard InChI is InChI=1S/C11H17NOS/c1-9-8-10(12)4-5-11(9)14-7-3-2-6-13/h4-5,8,13H,2-3,6-7,12H2,1H3. The molecule has 0 heterocycles. The van der Waals surface area contributed by atoms with Gasteiger partial charge in [0, 0.05) is 17.2 Å². The molecular formula is C11H17NOS. The van der Waals surface area contributed by atoms with Crippen LogP contribution in [-0.2, 0) is 0 Å². The van der Waals surface area contributed by atoms with Crippen LogP contribution in [0.15, 0.2) is 23.1 Å². The van der Waals surface area contributed by atoms with Crippen molar-refractivity contribution in [2.24, 2.45) is 0 Å². The molecular weight excluding hydrogens is 194 g/mol. The van der Waals surface area contributed by atoms with Gasteiger partial charge in [0.2, 0.25) is 0 Å². The molecule has 2 nitrogen and oxygen atoms in total. The molecule has 14 heavy (non-hydrogen) atoms. The number of aliphatic hydroxyl groups excluding tert-OH is 1. The van der Waals surface area contributed by atoms with Gasteiger partial charge in [0.1, 0.15) is 0 Å². The zero-order valence-electron chi connectivity index (χ0n) is 8.49. The first-order chi connectivity index (χ1) is 6.74. The Hall–Kier alpha value is -0.670. The molecule has 3 N–H and O–H groups in total. The van der Waals surface area contributed by atoms with Gasteiger partial charge in [0.25, 0.3) is 0 Å². The van der Waals surface area contributed by atoms with Crippen molar-refractivity contribution in [2.75, 3.05) is 18.1 Å². The fourth-order valence-corrected chi connectivity index (χ4v) is 2.25. The molecule has 0 aliphatic rings. The van der Waals surface area contributed by atoms with Gasteiger partial charge in [-0.25, -0.2) is 0 Å². The van der Waals surface area contributed by atoms with Crippen molar-refractivity contribution < 1.29 is 5.11 Å². The van der Waals surface area contributed by atoms with Gasteiger partial charge in [0.15, 0.2) is 0 Å². The first-order valence-corrected chi connectivity index (χ1v) is 5.82. The highest BCUT2D eigenvalue weighted by atomic mass is 32.2. The molecule has 0 aromatic heterocycles. The Bertz CT molecular complexity index is 289. The maximum Gasteiger partial charge on any atom is 0.0431 e. The Morgan fingerprint density at radius 2 is 2.14 bits per heavy atom. The molecule has 1 aromatic rings. The largest absolute Gasteiger partial charge is 0.399 e. The van der Waals surface area contributed by atoms with Gasteiger partial charge in [-0.05, 0) is 49.3 Å². The molecule has 0 amide bonds. The summed E-state index contributed by atoms with van der Waals surface area (Å²) in [6.07, 6.45) is 1.95. The van der Waals surface area contributed by atoms with Crippen molar-refractivity contribution in [3.05, 3.63) is 23.8 Å². The van der Waals surface area contributed by atoms with Crippen LogP contribution >= 0.6 is 11.8 Å². The number of nitrogen functional groups attached to an aromatic ring is 1. The molecule has 0 saturated carbocycles. The fraction of sp³-hybridized carbons (Fsp3) is 0.455. The van der Waals surface area contributed by atoms with E-state index in [1.54, 1.807) is 0 Å². The van der Waals surface area contributed by atoms with Gasteiger partial charge in [-0.3, -0.25) is 0 Å². The van der Waals surface area contributed by atoms with Crippen molar-refractivity contribution in [3.63, 3.8) is 0 Å². The Labute approximate surface area is 89.5 Å². The second-order valence-corrected chi connectivity index (χ2v) is 4.44. The number of hydrogen-bond acceptors (Lipinski definition) is 3. The quantitative estimate of drug-likeness (QED) is 0.447. The molecule has 0 spiro atoms. The normalized spacial score (nSPS) is 10.4. The predicted molar refractivity (Wildman–Crippen MR) is 62.6 cm³/mol. The third kappa shape index (κ3) is 3.60. The van der Waals surface area contributed by atoms with Crippen molar-refractivity contribution in [3.8, 4) is 0 Å². The van der Waals surface area contributed by atoms with Gasteiger partial charge < -0.3 is 10.8 Å². The van der Waals surface area contributed by atoms with Crippen LogP contribution < -0.4 is 5.73 Å². The summed E-state index contributed by atoms with van der Waals surface area (Å²) in [5, 5.41) is 8.63. The molecule has 0 fully saturated rings. The SMILES string of the molecule is Cc1cc(N)ccc1SCCCCO. The summed E-state index contributed by atoms with van der Waals surface area (Å²) >= 11 is 1.83. The predicted octanol–water partition coefficient (Wildman–Crippen LogP) is 2.44. The highest BCUT2D eigenvalue weighted by Gasteiger charge is 1.98. The fourth-order valence-electron chi connectivity index (χ4n) is 1.23. The third-order valence-corrected chi connectivity index (χ3v) is 3.27. The van der Waals surface area contributed by atoms with E-state index in [1.807, 2.05) is 23.9 Å². The zero-order valence-corrected chi connectivity index (χ0v) is 9.31. The van der Waals surface area contributed by atoms with E-state index in [-0.39, 0.29) is 0 Å². The van der Waals surface area contributed by atoms with Crippen molar-refractivity contribution in [1.29, 1.82) is 0 Å². The molecule has 3 heteroatoms. The minimum Gasteiger partial charge on any atom is -0.399 e. The number of rotatable bonds is 5. The Morgan fingerprint density at radius 1 is 1.36 bits per heavy atom. The molecule has 0 saturated heterocycles. The van der Waals surface area contributed by atoms with Gasteiger partial charge >= 0.3 is 0 Å². The molecule has 0 radical (unpaired) electrons. The summed E-state index contributed by atoms with van der Waals surface area (Å²) in [4.78, 5) is 1.29. The average molecular weight is 211 g/mol. The van der Waals surface area contributed by atoms with Gasteiger partial charge in [0.05, 0.1) is 0 Å². The topological polar surface area (TPSA) is 46.2 Å². The van der Waals surface area contributed by atoms with Crippen LogP contribution in [0.3, 0.4) is 0 Å². The first kappa shape index (κ1) is 11.4. The smallest absolute Gasteiger partial charge is 0.0431 e. The number of hydrogen-bond donors (Lipinski definition) is 2. The second-order valence-electron chi connectivity index (χ2n) is 3.30.